The summed E-state index contributed by atoms with van der Waals surface area (Å²) >= 11 is 5.55. The smallest absolute Gasteiger partial charge is 0.154 e. The van der Waals surface area contributed by atoms with Crippen LogP contribution in [0.4, 0.5) is 10.1 Å². The lowest BCUT2D eigenvalue weighted by Crippen LogP contribution is -1.85. The summed E-state index contributed by atoms with van der Waals surface area (Å²) in [5, 5.41) is 2.57. The van der Waals surface area contributed by atoms with Crippen LogP contribution in [0.25, 0.3) is 0 Å². The van der Waals surface area contributed by atoms with Gasteiger partial charge in [-0.25, -0.2) is 4.39 Å². The van der Waals surface area contributed by atoms with Gasteiger partial charge >= 0.3 is 0 Å². The molecule has 0 N–H and O–H groups in total. The highest BCUT2D eigenvalue weighted by Gasteiger charge is 2.08. The lowest BCUT2D eigenvalue weighted by atomic mass is 10.3. The van der Waals surface area contributed by atoms with Crippen molar-refractivity contribution in [2.75, 3.05) is 7.11 Å². The van der Waals surface area contributed by atoms with Gasteiger partial charge in [0.15, 0.2) is 5.82 Å². The highest BCUT2D eigenvalue weighted by atomic mass is 35.5. The van der Waals surface area contributed by atoms with E-state index in [4.69, 9.17) is 16.3 Å². The van der Waals surface area contributed by atoms with Gasteiger partial charge in [-0.05, 0) is 11.2 Å². The first kappa shape index (κ1) is 8.93. The fourth-order valence-electron chi connectivity index (χ4n) is 0.745. The molecule has 0 amide bonds. The maximum absolute atomic E-state index is 12.7. The van der Waals surface area contributed by atoms with Crippen molar-refractivity contribution < 1.29 is 9.13 Å². The van der Waals surface area contributed by atoms with Crippen molar-refractivity contribution in [1.29, 1.82) is 0 Å². The number of benzene rings is 1. The van der Waals surface area contributed by atoms with Crippen LogP contribution in [-0.2, 0) is 0 Å². The Balaban J connectivity index is 3.26. The van der Waals surface area contributed by atoms with Gasteiger partial charge in [0, 0.05) is 6.07 Å². The van der Waals surface area contributed by atoms with Crippen molar-refractivity contribution in [3.05, 3.63) is 27.9 Å². The first-order valence-electron chi connectivity index (χ1n) is 3.05. The van der Waals surface area contributed by atoms with E-state index in [-0.39, 0.29) is 16.5 Å². The topological polar surface area (TPSA) is 38.7 Å². The van der Waals surface area contributed by atoms with Crippen LogP contribution in [0.15, 0.2) is 17.3 Å². The highest BCUT2D eigenvalue weighted by molar-refractivity contribution is 6.32. The third-order valence-corrected chi connectivity index (χ3v) is 1.61. The van der Waals surface area contributed by atoms with Gasteiger partial charge in [0.05, 0.1) is 12.1 Å². The maximum atomic E-state index is 12.7. The summed E-state index contributed by atoms with van der Waals surface area (Å²) in [7, 11) is 1.37. The van der Waals surface area contributed by atoms with E-state index in [0.29, 0.717) is 0 Å². The summed E-state index contributed by atoms with van der Waals surface area (Å²) in [6, 6.07) is 2.13. The fourth-order valence-corrected chi connectivity index (χ4v) is 0.972. The largest absolute Gasteiger partial charge is 0.495 e. The van der Waals surface area contributed by atoms with Gasteiger partial charge in [-0.3, -0.25) is 0 Å². The Morgan fingerprint density at radius 1 is 1.58 bits per heavy atom. The summed E-state index contributed by atoms with van der Waals surface area (Å²) in [4.78, 5) is 10.0. The number of hydrogen-bond donors (Lipinski definition) is 0. The minimum Gasteiger partial charge on any atom is -0.495 e. The molecule has 0 aromatic heterocycles. The number of hydrogen-bond acceptors (Lipinski definition) is 3. The van der Waals surface area contributed by atoms with Crippen LogP contribution in [-0.4, -0.2) is 7.11 Å². The van der Waals surface area contributed by atoms with Crippen molar-refractivity contribution in [3.8, 4) is 5.75 Å². The van der Waals surface area contributed by atoms with E-state index in [1.165, 1.54) is 7.11 Å². The first-order valence-corrected chi connectivity index (χ1v) is 3.43. The lowest BCUT2D eigenvalue weighted by molar-refractivity contribution is 0.414. The van der Waals surface area contributed by atoms with Crippen molar-refractivity contribution in [3.63, 3.8) is 0 Å². The number of nitroso groups, excluding NO2 is 1. The molecule has 1 rings (SSSR count). The molecule has 12 heavy (non-hydrogen) atoms. The summed E-state index contributed by atoms with van der Waals surface area (Å²) in [6.07, 6.45) is 0. The summed E-state index contributed by atoms with van der Waals surface area (Å²) < 4.78 is 17.5. The summed E-state index contributed by atoms with van der Waals surface area (Å²) in [5.41, 5.74) is -0.309. The van der Waals surface area contributed by atoms with E-state index >= 15 is 0 Å². The fraction of sp³-hybridized carbons (Fsp3) is 0.143. The zero-order valence-corrected chi connectivity index (χ0v) is 6.93. The predicted octanol–water partition coefficient (Wildman–Crippen LogP) is 2.89. The molecule has 1 aromatic carbocycles. The number of rotatable bonds is 2. The standard InChI is InChI=1S/C7H5ClFNO2/c1-12-7-3-6(10-11)5(9)2-4(7)8/h2-3H,1H3. The Morgan fingerprint density at radius 2 is 2.25 bits per heavy atom. The van der Waals surface area contributed by atoms with E-state index in [2.05, 4.69) is 5.18 Å². The van der Waals surface area contributed by atoms with Gasteiger partial charge in [0.1, 0.15) is 11.4 Å². The average Bonchev–Trinajstić information content (AvgIpc) is 2.05. The van der Waals surface area contributed by atoms with Crippen molar-refractivity contribution in [2.24, 2.45) is 5.18 Å². The second kappa shape index (κ2) is 3.49. The molecule has 0 aliphatic carbocycles. The average molecular weight is 190 g/mol. The molecule has 0 saturated heterocycles. The Bertz CT molecular complexity index is 317. The minimum atomic E-state index is -0.754. The highest BCUT2D eigenvalue weighted by Crippen LogP contribution is 2.31. The SMILES string of the molecule is COc1cc(N=O)c(F)cc1Cl. The van der Waals surface area contributed by atoms with E-state index in [9.17, 15) is 9.30 Å². The number of halogens is 2. The van der Waals surface area contributed by atoms with Crippen molar-refractivity contribution >= 4 is 17.3 Å². The van der Waals surface area contributed by atoms with Gasteiger partial charge in [-0.2, -0.15) is 0 Å². The molecule has 64 valence electrons. The van der Waals surface area contributed by atoms with Gasteiger partial charge in [0.25, 0.3) is 0 Å². The predicted molar refractivity (Wildman–Crippen MR) is 43.4 cm³/mol. The van der Waals surface area contributed by atoms with Crippen molar-refractivity contribution in [2.45, 2.75) is 0 Å². The maximum Gasteiger partial charge on any atom is 0.154 e. The molecule has 0 atom stereocenters. The van der Waals surface area contributed by atoms with E-state index in [1.807, 2.05) is 0 Å². The van der Waals surface area contributed by atoms with E-state index in [0.717, 1.165) is 12.1 Å². The van der Waals surface area contributed by atoms with Gasteiger partial charge in [0.2, 0.25) is 0 Å². The molecule has 0 aliphatic rings. The van der Waals surface area contributed by atoms with Gasteiger partial charge in [-0.1, -0.05) is 11.6 Å². The normalized spacial score (nSPS) is 9.58. The molecular formula is C7H5ClFNO2. The minimum absolute atomic E-state index is 0.113. The quantitative estimate of drug-likeness (QED) is 0.671. The van der Waals surface area contributed by atoms with Crippen LogP contribution >= 0.6 is 11.6 Å². The zero-order valence-electron chi connectivity index (χ0n) is 6.17. The molecule has 0 heterocycles. The number of ether oxygens (including phenoxy) is 1. The second-order valence-corrected chi connectivity index (χ2v) is 2.44. The summed E-state index contributed by atoms with van der Waals surface area (Å²) in [6.45, 7) is 0. The van der Waals surface area contributed by atoms with Crippen LogP contribution in [0.2, 0.25) is 5.02 Å². The monoisotopic (exact) mass is 189 g/mol. The van der Waals surface area contributed by atoms with E-state index < -0.39 is 5.82 Å². The van der Waals surface area contributed by atoms with Crippen LogP contribution in [0, 0.1) is 10.7 Å². The van der Waals surface area contributed by atoms with E-state index in [1.54, 1.807) is 0 Å². The summed E-state index contributed by atoms with van der Waals surface area (Å²) in [5.74, 6) is -0.525. The number of methoxy groups -OCH3 is 1. The third-order valence-electron chi connectivity index (χ3n) is 1.32. The van der Waals surface area contributed by atoms with Crippen LogP contribution in [0.3, 0.4) is 0 Å². The lowest BCUT2D eigenvalue weighted by Gasteiger charge is -2.02. The first-order chi connectivity index (χ1) is 5.69. The molecule has 0 fully saturated rings. The van der Waals surface area contributed by atoms with Gasteiger partial charge < -0.3 is 4.74 Å². The molecule has 5 heteroatoms. The molecule has 0 bridgehead atoms. The van der Waals surface area contributed by atoms with Crippen molar-refractivity contribution in [1.82, 2.24) is 0 Å². The zero-order chi connectivity index (χ0) is 9.14. The Hall–Kier alpha value is -1.16. The second-order valence-electron chi connectivity index (χ2n) is 2.03. The molecule has 0 unspecified atom stereocenters. The molecule has 0 aliphatic heterocycles. The molecule has 3 nitrogen and oxygen atoms in total. The Morgan fingerprint density at radius 3 is 2.75 bits per heavy atom. The number of nitrogens with zero attached hydrogens (tertiary/aromatic N) is 1. The Kier molecular flexibility index (Phi) is 2.60. The molecule has 0 radical (unpaired) electrons. The van der Waals surface area contributed by atoms with Gasteiger partial charge in [-0.15, -0.1) is 4.91 Å². The molecule has 1 aromatic rings. The third kappa shape index (κ3) is 1.53. The van der Waals surface area contributed by atoms with Crippen LogP contribution < -0.4 is 4.74 Å². The molecule has 0 saturated carbocycles. The van der Waals surface area contributed by atoms with Crippen LogP contribution in [0.5, 0.6) is 5.75 Å². The molecular weight excluding hydrogens is 185 g/mol. The van der Waals surface area contributed by atoms with Crippen LogP contribution in [0.1, 0.15) is 0 Å². The molecule has 0 spiro atoms. The Labute approximate surface area is 73.1 Å².